The summed E-state index contributed by atoms with van der Waals surface area (Å²) < 4.78 is 20.0. The van der Waals surface area contributed by atoms with Gasteiger partial charge in [-0.3, -0.25) is 0 Å². The second kappa shape index (κ2) is 14.0. The number of hydrogen-bond acceptors (Lipinski definition) is 6. The zero-order chi connectivity index (χ0) is 41.4. The van der Waals surface area contributed by atoms with Gasteiger partial charge in [0.1, 0.15) is 33.5 Å². The van der Waals surface area contributed by atoms with Crippen LogP contribution in [0.25, 0.3) is 133 Å². The molecule has 294 valence electrons. The number of aromatic nitrogens is 3. The van der Waals surface area contributed by atoms with Crippen LogP contribution in [0.15, 0.2) is 213 Å². The molecule has 0 aliphatic heterocycles. The third-order valence-electron chi connectivity index (χ3n) is 12.2. The average Bonchev–Trinajstić information content (AvgIpc) is 4.05. The third-order valence-corrected chi connectivity index (χ3v) is 12.2. The van der Waals surface area contributed by atoms with E-state index in [0.29, 0.717) is 17.5 Å². The zero-order valence-electron chi connectivity index (χ0n) is 33.6. The predicted octanol–water partition coefficient (Wildman–Crippen LogP) is 15.6. The van der Waals surface area contributed by atoms with Gasteiger partial charge in [0, 0.05) is 60.1 Å². The van der Waals surface area contributed by atoms with Crippen LogP contribution < -0.4 is 0 Å². The summed E-state index contributed by atoms with van der Waals surface area (Å²) in [7, 11) is 0. The van der Waals surface area contributed by atoms with Crippen LogP contribution in [0, 0.1) is 0 Å². The van der Waals surface area contributed by atoms with Crippen LogP contribution in [0.4, 0.5) is 0 Å². The minimum Gasteiger partial charge on any atom is -0.456 e. The van der Waals surface area contributed by atoms with Crippen molar-refractivity contribution in [3.05, 3.63) is 200 Å². The van der Waals surface area contributed by atoms with Crippen LogP contribution in [0.5, 0.6) is 0 Å². The number of nitrogens with zero attached hydrogens (tertiary/aromatic N) is 3. The molecule has 0 saturated carbocycles. The first-order chi connectivity index (χ1) is 31.2. The van der Waals surface area contributed by atoms with Crippen molar-refractivity contribution in [1.29, 1.82) is 0 Å². The van der Waals surface area contributed by atoms with E-state index in [9.17, 15) is 0 Å². The van der Waals surface area contributed by atoms with E-state index in [2.05, 4.69) is 121 Å². The first-order valence-electron chi connectivity index (χ1n) is 21.0. The van der Waals surface area contributed by atoms with Gasteiger partial charge in [0.25, 0.3) is 0 Å². The molecule has 0 aliphatic rings. The number of hydrogen-bond donors (Lipinski definition) is 0. The second-order valence-electron chi connectivity index (χ2n) is 15.9. The van der Waals surface area contributed by atoms with Crippen molar-refractivity contribution in [1.82, 2.24) is 15.0 Å². The van der Waals surface area contributed by atoms with Crippen LogP contribution in [-0.2, 0) is 0 Å². The molecule has 6 nitrogen and oxygen atoms in total. The fourth-order valence-corrected chi connectivity index (χ4v) is 9.14. The summed E-state index contributed by atoms with van der Waals surface area (Å²) in [6.07, 6.45) is 0. The van der Waals surface area contributed by atoms with E-state index in [4.69, 9.17) is 28.2 Å². The maximum absolute atomic E-state index is 6.96. The minimum atomic E-state index is 0.550. The number of rotatable bonds is 6. The Labute approximate surface area is 360 Å². The Balaban J connectivity index is 1.06. The van der Waals surface area contributed by atoms with E-state index in [1.54, 1.807) is 0 Å². The van der Waals surface area contributed by atoms with Crippen molar-refractivity contribution in [2.24, 2.45) is 0 Å². The third kappa shape index (κ3) is 5.76. The van der Waals surface area contributed by atoms with E-state index in [1.165, 1.54) is 0 Å². The normalized spacial score (nSPS) is 11.8. The summed E-state index contributed by atoms with van der Waals surface area (Å²) >= 11 is 0. The molecule has 4 heterocycles. The maximum Gasteiger partial charge on any atom is 0.164 e. The molecule has 0 radical (unpaired) electrons. The Bertz CT molecular complexity index is 3900. The van der Waals surface area contributed by atoms with Crippen LogP contribution in [0.1, 0.15) is 0 Å². The van der Waals surface area contributed by atoms with Crippen molar-refractivity contribution in [3.8, 4) is 67.5 Å². The topological polar surface area (TPSA) is 78.1 Å². The summed E-state index contributed by atoms with van der Waals surface area (Å²) in [5, 5.41) is 6.14. The molecule has 0 amide bonds. The molecule has 0 atom stereocenters. The van der Waals surface area contributed by atoms with E-state index < -0.39 is 0 Å². The minimum absolute atomic E-state index is 0.550. The quantitative estimate of drug-likeness (QED) is 0.166. The van der Waals surface area contributed by atoms with Gasteiger partial charge in [0.05, 0.1) is 0 Å². The van der Waals surface area contributed by atoms with E-state index in [-0.39, 0.29) is 0 Å². The van der Waals surface area contributed by atoms with Gasteiger partial charge >= 0.3 is 0 Å². The number of furan rings is 3. The van der Waals surface area contributed by atoms with Gasteiger partial charge < -0.3 is 13.3 Å². The molecule has 4 aromatic heterocycles. The molecular formula is C57H33N3O3. The van der Waals surface area contributed by atoms with Crippen molar-refractivity contribution < 1.29 is 13.3 Å². The van der Waals surface area contributed by atoms with Crippen LogP contribution in [0.2, 0.25) is 0 Å². The first kappa shape index (κ1) is 35.2. The van der Waals surface area contributed by atoms with Gasteiger partial charge in [0.15, 0.2) is 17.5 Å². The second-order valence-corrected chi connectivity index (χ2v) is 15.9. The number of para-hydroxylation sites is 3. The highest BCUT2D eigenvalue weighted by Gasteiger charge is 2.23. The summed E-state index contributed by atoms with van der Waals surface area (Å²) in [6, 6.07) is 68.6. The standard InChI is InChI=1S/C57H33N3O3/c1-3-13-34(14-4-1)35-25-27-37(28-26-35)56-58-55(36-15-5-2-6-16-36)59-57(60-56)45-21-12-24-50-52(45)47-32-39(40-19-11-20-44-42-18-8-10-23-49(42)62-53(40)44)31-46(54(47)63-50)38-29-30-43-41-17-7-9-22-48(41)61-51(43)33-38/h1-33H. The van der Waals surface area contributed by atoms with E-state index in [0.717, 1.165) is 116 Å². The lowest BCUT2D eigenvalue weighted by Gasteiger charge is -2.11. The Morgan fingerprint density at radius 2 is 0.762 bits per heavy atom. The maximum atomic E-state index is 6.96. The van der Waals surface area contributed by atoms with Gasteiger partial charge in [-0.2, -0.15) is 0 Å². The van der Waals surface area contributed by atoms with Gasteiger partial charge in [-0.15, -0.1) is 0 Å². The molecule has 0 unspecified atom stereocenters. The SMILES string of the molecule is c1ccc(-c2ccc(-c3nc(-c4ccccc4)nc(-c4cccc5oc6c(-c7ccc8c(c7)oc7ccccc78)cc(-c7cccc8c7oc7ccccc78)cc6c45)n3)cc2)cc1. The monoisotopic (exact) mass is 807 g/mol. The molecule has 0 spiro atoms. The molecule has 13 aromatic rings. The average molecular weight is 808 g/mol. The van der Waals surface area contributed by atoms with Gasteiger partial charge in [0.2, 0.25) is 0 Å². The summed E-state index contributed by atoms with van der Waals surface area (Å²) in [5.74, 6) is 1.72. The molecule has 0 fully saturated rings. The largest absolute Gasteiger partial charge is 0.456 e. The highest BCUT2D eigenvalue weighted by atomic mass is 16.3. The molecule has 13 rings (SSSR count). The first-order valence-corrected chi connectivity index (χ1v) is 21.0. The Kier molecular flexibility index (Phi) is 7.80. The highest BCUT2D eigenvalue weighted by Crippen LogP contribution is 2.45. The van der Waals surface area contributed by atoms with Gasteiger partial charge in [-0.25, -0.2) is 15.0 Å². The van der Waals surface area contributed by atoms with Crippen molar-refractivity contribution in [3.63, 3.8) is 0 Å². The molecule has 0 saturated heterocycles. The van der Waals surface area contributed by atoms with Crippen LogP contribution in [0.3, 0.4) is 0 Å². The van der Waals surface area contributed by atoms with Crippen molar-refractivity contribution >= 4 is 65.8 Å². The predicted molar refractivity (Wildman–Crippen MR) is 254 cm³/mol. The smallest absolute Gasteiger partial charge is 0.164 e. The zero-order valence-corrected chi connectivity index (χ0v) is 33.6. The lowest BCUT2D eigenvalue weighted by Crippen LogP contribution is -2.00. The molecule has 6 heteroatoms. The Morgan fingerprint density at radius 1 is 0.254 bits per heavy atom. The highest BCUT2D eigenvalue weighted by molar-refractivity contribution is 6.18. The van der Waals surface area contributed by atoms with Gasteiger partial charge in [-0.1, -0.05) is 158 Å². The van der Waals surface area contributed by atoms with E-state index in [1.807, 2.05) is 78.9 Å². The number of benzene rings is 9. The molecule has 0 aliphatic carbocycles. The summed E-state index contributed by atoms with van der Waals surface area (Å²) in [4.78, 5) is 15.5. The van der Waals surface area contributed by atoms with Crippen LogP contribution in [-0.4, -0.2) is 15.0 Å². The van der Waals surface area contributed by atoms with Gasteiger partial charge in [-0.05, 0) is 64.7 Å². The Morgan fingerprint density at radius 3 is 1.54 bits per heavy atom. The lowest BCUT2D eigenvalue weighted by molar-refractivity contribution is 0.667. The molecule has 9 aromatic carbocycles. The molecule has 0 bridgehead atoms. The molecule has 63 heavy (non-hydrogen) atoms. The summed E-state index contributed by atoms with van der Waals surface area (Å²) in [6.45, 7) is 0. The fourth-order valence-electron chi connectivity index (χ4n) is 9.14. The van der Waals surface area contributed by atoms with Crippen molar-refractivity contribution in [2.45, 2.75) is 0 Å². The Hall–Kier alpha value is -8.61. The van der Waals surface area contributed by atoms with Crippen LogP contribution >= 0.6 is 0 Å². The number of fused-ring (bicyclic) bond motifs is 9. The van der Waals surface area contributed by atoms with Crippen molar-refractivity contribution in [2.75, 3.05) is 0 Å². The molecular weight excluding hydrogens is 775 g/mol. The fraction of sp³-hybridized carbons (Fsp3) is 0. The lowest BCUT2D eigenvalue weighted by atomic mass is 9.93. The van der Waals surface area contributed by atoms with E-state index >= 15 is 0 Å². The summed E-state index contributed by atoms with van der Waals surface area (Å²) in [5.41, 5.74) is 13.6. The molecule has 0 N–H and O–H groups in total.